The molecule has 1 aromatic heterocycles. The Morgan fingerprint density at radius 2 is 2.24 bits per heavy atom. The number of carbonyl (C=O) groups is 1. The van der Waals surface area contributed by atoms with Crippen LogP contribution in [0.15, 0.2) is 23.6 Å². The molecule has 1 aromatic carbocycles. The topological polar surface area (TPSA) is 29.1 Å². The van der Waals surface area contributed by atoms with Gasteiger partial charge in [0.2, 0.25) is 0 Å². The van der Waals surface area contributed by atoms with Crippen LogP contribution in [0.3, 0.4) is 0 Å². The standard InChI is InChI=1S/C14H17NOS/c1-9-5-4-6-13-14(9)11(8-17-13)7-12(15-3)10(2)16/h4-6,8,12,15H,7H2,1-3H3/t12-/m1/s1. The van der Waals surface area contributed by atoms with Crippen LogP contribution >= 0.6 is 11.3 Å². The lowest BCUT2D eigenvalue weighted by molar-refractivity contribution is -0.118. The highest BCUT2D eigenvalue weighted by Crippen LogP contribution is 2.29. The van der Waals surface area contributed by atoms with Crippen molar-refractivity contribution < 1.29 is 4.79 Å². The summed E-state index contributed by atoms with van der Waals surface area (Å²) in [6.07, 6.45) is 0.774. The molecule has 0 spiro atoms. The van der Waals surface area contributed by atoms with Crippen molar-refractivity contribution in [2.45, 2.75) is 26.3 Å². The average molecular weight is 247 g/mol. The zero-order valence-corrected chi connectivity index (χ0v) is 11.2. The molecule has 1 N–H and O–H groups in total. The molecule has 0 amide bonds. The molecule has 0 saturated carbocycles. The maximum Gasteiger partial charge on any atom is 0.147 e. The largest absolute Gasteiger partial charge is 0.310 e. The van der Waals surface area contributed by atoms with Crippen LogP contribution in [0.2, 0.25) is 0 Å². The molecule has 0 aliphatic heterocycles. The van der Waals surface area contributed by atoms with Gasteiger partial charge in [-0.05, 0) is 55.3 Å². The van der Waals surface area contributed by atoms with Crippen molar-refractivity contribution in [2.24, 2.45) is 0 Å². The molecular formula is C14H17NOS. The maximum atomic E-state index is 11.5. The Bertz CT molecular complexity index is 544. The molecule has 17 heavy (non-hydrogen) atoms. The molecule has 3 heteroatoms. The third-order valence-electron chi connectivity index (χ3n) is 3.15. The number of hydrogen-bond donors (Lipinski definition) is 1. The van der Waals surface area contributed by atoms with Crippen LogP contribution in [0.25, 0.3) is 10.1 Å². The Morgan fingerprint density at radius 1 is 1.47 bits per heavy atom. The van der Waals surface area contributed by atoms with Gasteiger partial charge in [0.1, 0.15) is 5.78 Å². The van der Waals surface area contributed by atoms with E-state index in [-0.39, 0.29) is 11.8 Å². The van der Waals surface area contributed by atoms with Gasteiger partial charge in [0.15, 0.2) is 0 Å². The third kappa shape index (κ3) is 2.40. The number of Topliss-reactive ketones (excluding diaryl/α,β-unsaturated/α-hetero) is 1. The zero-order valence-electron chi connectivity index (χ0n) is 10.4. The van der Waals surface area contributed by atoms with Crippen LogP contribution in [0.4, 0.5) is 0 Å². The molecule has 2 rings (SSSR count). The highest BCUT2D eigenvalue weighted by molar-refractivity contribution is 7.17. The predicted octanol–water partition coefficient (Wildman–Crippen LogP) is 2.93. The molecule has 1 atom stereocenters. The van der Waals surface area contributed by atoms with Gasteiger partial charge >= 0.3 is 0 Å². The van der Waals surface area contributed by atoms with Crippen molar-refractivity contribution in [1.82, 2.24) is 5.32 Å². The molecule has 1 heterocycles. The molecule has 2 nitrogen and oxygen atoms in total. The van der Waals surface area contributed by atoms with Crippen LogP contribution in [-0.2, 0) is 11.2 Å². The Labute approximate surface area is 106 Å². The zero-order chi connectivity index (χ0) is 12.4. The normalized spacial score (nSPS) is 12.9. The summed E-state index contributed by atoms with van der Waals surface area (Å²) in [6, 6.07) is 6.27. The van der Waals surface area contributed by atoms with Gasteiger partial charge < -0.3 is 5.32 Å². The third-order valence-corrected chi connectivity index (χ3v) is 4.14. The van der Waals surface area contributed by atoms with Crippen LogP contribution in [0.5, 0.6) is 0 Å². The number of nitrogens with one attached hydrogen (secondary N) is 1. The lowest BCUT2D eigenvalue weighted by Crippen LogP contribution is -2.34. The smallest absolute Gasteiger partial charge is 0.147 e. The summed E-state index contributed by atoms with van der Waals surface area (Å²) in [5, 5.41) is 6.57. The van der Waals surface area contributed by atoms with Crippen molar-refractivity contribution in [2.75, 3.05) is 7.05 Å². The van der Waals surface area contributed by atoms with Crippen molar-refractivity contribution in [1.29, 1.82) is 0 Å². The minimum Gasteiger partial charge on any atom is -0.310 e. The second kappa shape index (κ2) is 4.98. The molecule has 0 fully saturated rings. The van der Waals surface area contributed by atoms with Crippen molar-refractivity contribution in [3.8, 4) is 0 Å². The molecule has 2 aromatic rings. The second-order valence-corrected chi connectivity index (χ2v) is 5.28. The van der Waals surface area contributed by atoms with E-state index in [2.05, 4.69) is 35.8 Å². The number of aryl methyl sites for hydroxylation is 1. The van der Waals surface area contributed by atoms with E-state index >= 15 is 0 Å². The minimum absolute atomic E-state index is 0.0765. The fourth-order valence-electron chi connectivity index (χ4n) is 2.16. The summed E-state index contributed by atoms with van der Waals surface area (Å²) >= 11 is 1.75. The van der Waals surface area contributed by atoms with E-state index in [1.807, 2.05) is 7.05 Å². The number of hydrogen-bond acceptors (Lipinski definition) is 3. The van der Waals surface area contributed by atoms with Crippen molar-refractivity contribution in [3.05, 3.63) is 34.7 Å². The van der Waals surface area contributed by atoms with E-state index in [1.165, 1.54) is 21.2 Å². The van der Waals surface area contributed by atoms with Crippen LogP contribution in [0, 0.1) is 6.92 Å². The number of benzene rings is 1. The Morgan fingerprint density at radius 3 is 2.88 bits per heavy atom. The number of rotatable bonds is 4. The molecule has 0 aliphatic rings. The van der Waals surface area contributed by atoms with Gasteiger partial charge in [-0.25, -0.2) is 0 Å². The van der Waals surface area contributed by atoms with Gasteiger partial charge in [-0.1, -0.05) is 12.1 Å². The van der Waals surface area contributed by atoms with E-state index in [4.69, 9.17) is 0 Å². The highest BCUT2D eigenvalue weighted by atomic mass is 32.1. The lowest BCUT2D eigenvalue weighted by atomic mass is 10.00. The first-order valence-electron chi connectivity index (χ1n) is 5.77. The number of ketones is 1. The molecular weight excluding hydrogens is 230 g/mol. The van der Waals surface area contributed by atoms with E-state index < -0.39 is 0 Å². The molecule has 0 radical (unpaired) electrons. The molecule has 0 bridgehead atoms. The number of thiophene rings is 1. The SMILES string of the molecule is CN[C@H](Cc1csc2cccc(C)c12)C(C)=O. The summed E-state index contributed by atoms with van der Waals surface area (Å²) in [5.74, 6) is 0.195. The summed E-state index contributed by atoms with van der Waals surface area (Å²) in [7, 11) is 1.84. The van der Waals surface area contributed by atoms with Crippen molar-refractivity contribution >= 4 is 27.2 Å². The van der Waals surface area contributed by atoms with Crippen LogP contribution < -0.4 is 5.32 Å². The van der Waals surface area contributed by atoms with E-state index in [0.29, 0.717) is 0 Å². The van der Waals surface area contributed by atoms with E-state index in [9.17, 15) is 4.79 Å². The number of fused-ring (bicyclic) bond motifs is 1. The summed E-state index contributed by atoms with van der Waals surface area (Å²) < 4.78 is 1.30. The fraction of sp³-hybridized carbons (Fsp3) is 0.357. The average Bonchev–Trinajstić information content (AvgIpc) is 2.70. The summed E-state index contributed by atoms with van der Waals surface area (Å²) in [5.41, 5.74) is 2.56. The van der Waals surface area contributed by atoms with Crippen molar-refractivity contribution in [3.63, 3.8) is 0 Å². The van der Waals surface area contributed by atoms with Gasteiger partial charge in [-0.3, -0.25) is 4.79 Å². The van der Waals surface area contributed by atoms with Gasteiger partial charge in [0.25, 0.3) is 0 Å². The van der Waals surface area contributed by atoms with Gasteiger partial charge in [-0.15, -0.1) is 11.3 Å². The first-order chi connectivity index (χ1) is 8.13. The summed E-state index contributed by atoms with van der Waals surface area (Å²) in [6.45, 7) is 3.77. The van der Waals surface area contributed by atoms with Gasteiger partial charge in [0, 0.05) is 4.70 Å². The number of carbonyl (C=O) groups excluding carboxylic acids is 1. The Kier molecular flexibility index (Phi) is 3.60. The maximum absolute atomic E-state index is 11.5. The van der Waals surface area contributed by atoms with Gasteiger partial charge in [-0.2, -0.15) is 0 Å². The Balaban J connectivity index is 2.39. The van der Waals surface area contributed by atoms with Gasteiger partial charge in [0.05, 0.1) is 6.04 Å². The summed E-state index contributed by atoms with van der Waals surface area (Å²) in [4.78, 5) is 11.5. The lowest BCUT2D eigenvalue weighted by Gasteiger charge is -2.12. The van der Waals surface area contributed by atoms with E-state index in [0.717, 1.165) is 6.42 Å². The molecule has 0 unspecified atom stereocenters. The second-order valence-electron chi connectivity index (χ2n) is 4.37. The fourth-order valence-corrected chi connectivity index (χ4v) is 3.21. The Hall–Kier alpha value is -1.19. The first kappa shape index (κ1) is 12.3. The number of likely N-dealkylation sites (N-methyl/N-ethyl adjacent to an activating group) is 1. The van der Waals surface area contributed by atoms with E-state index in [1.54, 1.807) is 18.3 Å². The van der Waals surface area contributed by atoms with Crippen LogP contribution in [0.1, 0.15) is 18.1 Å². The minimum atomic E-state index is -0.0765. The molecule has 0 aliphatic carbocycles. The first-order valence-corrected chi connectivity index (χ1v) is 6.65. The highest BCUT2D eigenvalue weighted by Gasteiger charge is 2.15. The predicted molar refractivity (Wildman–Crippen MR) is 73.8 cm³/mol. The monoisotopic (exact) mass is 247 g/mol. The molecule has 0 saturated heterocycles. The molecule has 90 valence electrons. The quantitative estimate of drug-likeness (QED) is 0.900. The van der Waals surface area contributed by atoms with Crippen LogP contribution in [-0.4, -0.2) is 18.9 Å².